The zero-order valence-electron chi connectivity index (χ0n) is 19.4. The number of esters is 1. The van der Waals surface area contributed by atoms with Gasteiger partial charge in [-0.05, 0) is 54.3 Å². The van der Waals surface area contributed by atoms with Crippen LogP contribution in [0.2, 0.25) is 0 Å². The average molecular weight is 502 g/mol. The molecule has 36 heavy (non-hydrogen) atoms. The van der Waals surface area contributed by atoms with Crippen LogP contribution in [0.1, 0.15) is 18.1 Å². The van der Waals surface area contributed by atoms with E-state index in [1.807, 2.05) is 66.2 Å². The molecular formula is C27H23N3O5S. The number of nitrogens with one attached hydrogen (secondary N) is 1. The van der Waals surface area contributed by atoms with Crippen LogP contribution >= 0.6 is 11.3 Å². The normalized spacial score (nSPS) is 13.0. The largest absolute Gasteiger partial charge is 0.454 e. The summed E-state index contributed by atoms with van der Waals surface area (Å²) in [5.74, 6) is 0.301. The monoisotopic (exact) mass is 501 g/mol. The zero-order chi connectivity index (χ0) is 24.9. The molecule has 0 spiro atoms. The number of ether oxygens (including phenoxy) is 3. The number of para-hydroxylation sites is 1. The van der Waals surface area contributed by atoms with Crippen LogP contribution in [-0.4, -0.2) is 34.6 Å². The molecule has 0 radical (unpaired) electrons. The van der Waals surface area contributed by atoms with Crippen LogP contribution in [0.4, 0.5) is 0 Å². The van der Waals surface area contributed by atoms with Crippen LogP contribution in [-0.2, 0) is 20.9 Å². The van der Waals surface area contributed by atoms with Crippen LogP contribution in [0.15, 0.2) is 78.3 Å². The van der Waals surface area contributed by atoms with Crippen molar-refractivity contribution in [3.8, 4) is 27.8 Å². The molecule has 1 atom stereocenters. The fourth-order valence-corrected chi connectivity index (χ4v) is 4.37. The summed E-state index contributed by atoms with van der Waals surface area (Å²) in [7, 11) is 0. The zero-order valence-corrected chi connectivity index (χ0v) is 20.2. The molecule has 1 aliphatic heterocycles. The number of amides is 1. The van der Waals surface area contributed by atoms with E-state index in [0.29, 0.717) is 11.5 Å². The molecule has 8 nitrogen and oxygen atoms in total. The lowest BCUT2D eigenvalue weighted by atomic mass is 10.2. The van der Waals surface area contributed by atoms with E-state index in [9.17, 15) is 9.59 Å². The first-order valence-corrected chi connectivity index (χ1v) is 12.2. The number of hydrogen-bond donors (Lipinski definition) is 1. The summed E-state index contributed by atoms with van der Waals surface area (Å²) in [6.45, 7) is 1.99. The fraction of sp³-hybridized carbons (Fsp3) is 0.148. The standard InChI is InChI=1S/C27H23N3O5S/c1-18(27(32)28-15-19-9-11-22-23(14-19)34-17-33-22)35-25(31)12-10-20-16-30(21-6-3-2-4-7-21)29-26(20)24-8-5-13-36-24/h2-14,16,18H,15,17H2,1H3,(H,28,32)/b12-10+. The Labute approximate surface area is 211 Å². The summed E-state index contributed by atoms with van der Waals surface area (Å²) in [5.41, 5.74) is 3.28. The van der Waals surface area contributed by atoms with Crippen molar-refractivity contribution in [1.82, 2.24) is 15.1 Å². The number of carbonyl (C=O) groups excluding carboxylic acids is 2. The van der Waals surface area contributed by atoms with E-state index in [1.165, 1.54) is 13.0 Å². The van der Waals surface area contributed by atoms with Gasteiger partial charge in [0.1, 0.15) is 5.69 Å². The Morgan fingerprint density at radius 1 is 1.14 bits per heavy atom. The van der Waals surface area contributed by atoms with E-state index in [0.717, 1.165) is 27.4 Å². The Morgan fingerprint density at radius 3 is 2.78 bits per heavy atom. The van der Waals surface area contributed by atoms with Crippen molar-refractivity contribution in [3.63, 3.8) is 0 Å². The van der Waals surface area contributed by atoms with E-state index in [1.54, 1.807) is 28.2 Å². The maximum absolute atomic E-state index is 12.5. The summed E-state index contributed by atoms with van der Waals surface area (Å²) < 4.78 is 17.7. The summed E-state index contributed by atoms with van der Waals surface area (Å²) in [6.07, 6.45) is 3.86. The number of nitrogens with zero attached hydrogens (tertiary/aromatic N) is 2. The number of hydrogen-bond acceptors (Lipinski definition) is 7. The van der Waals surface area contributed by atoms with Crippen molar-refractivity contribution in [2.24, 2.45) is 0 Å². The molecule has 4 aromatic rings. The van der Waals surface area contributed by atoms with Crippen LogP contribution < -0.4 is 14.8 Å². The minimum absolute atomic E-state index is 0.188. The quantitative estimate of drug-likeness (QED) is 0.281. The Hall–Kier alpha value is -4.37. The second-order valence-corrected chi connectivity index (χ2v) is 8.96. The Balaban J connectivity index is 1.22. The molecule has 182 valence electrons. The van der Waals surface area contributed by atoms with Gasteiger partial charge in [-0.25, -0.2) is 9.48 Å². The number of aromatic nitrogens is 2. The summed E-state index contributed by atoms with van der Waals surface area (Å²) in [4.78, 5) is 25.9. The fourth-order valence-electron chi connectivity index (χ4n) is 3.64. The first-order chi connectivity index (χ1) is 17.6. The predicted octanol–water partition coefficient (Wildman–Crippen LogP) is 4.59. The van der Waals surface area contributed by atoms with E-state index < -0.39 is 18.0 Å². The van der Waals surface area contributed by atoms with Crippen molar-refractivity contribution < 1.29 is 23.8 Å². The third-order valence-electron chi connectivity index (χ3n) is 5.48. The molecule has 2 aromatic carbocycles. The van der Waals surface area contributed by atoms with E-state index >= 15 is 0 Å². The predicted molar refractivity (Wildman–Crippen MR) is 136 cm³/mol. The highest BCUT2D eigenvalue weighted by Crippen LogP contribution is 2.32. The SMILES string of the molecule is CC(OC(=O)/C=C/c1cn(-c2ccccc2)nc1-c1cccs1)C(=O)NCc1ccc2c(c1)OCO2. The highest BCUT2D eigenvalue weighted by Gasteiger charge is 2.18. The lowest BCUT2D eigenvalue weighted by molar-refractivity contribution is -0.150. The van der Waals surface area contributed by atoms with Gasteiger partial charge in [-0.1, -0.05) is 30.3 Å². The molecule has 1 amide bonds. The molecule has 9 heteroatoms. The van der Waals surface area contributed by atoms with Crippen LogP contribution in [0.5, 0.6) is 11.5 Å². The lowest BCUT2D eigenvalue weighted by Crippen LogP contribution is -2.35. The van der Waals surface area contributed by atoms with E-state index in [4.69, 9.17) is 19.3 Å². The highest BCUT2D eigenvalue weighted by molar-refractivity contribution is 7.13. The van der Waals surface area contributed by atoms with Crippen molar-refractivity contribution in [2.75, 3.05) is 6.79 Å². The lowest BCUT2D eigenvalue weighted by Gasteiger charge is -2.12. The van der Waals surface area contributed by atoms with Gasteiger partial charge in [0, 0.05) is 24.4 Å². The van der Waals surface area contributed by atoms with Gasteiger partial charge in [-0.15, -0.1) is 11.3 Å². The van der Waals surface area contributed by atoms with Gasteiger partial charge < -0.3 is 19.5 Å². The molecule has 3 heterocycles. The maximum atomic E-state index is 12.5. The van der Waals surface area contributed by atoms with Crippen LogP contribution in [0.25, 0.3) is 22.3 Å². The molecule has 0 saturated heterocycles. The molecule has 0 fully saturated rings. The second kappa shape index (κ2) is 10.5. The first-order valence-electron chi connectivity index (χ1n) is 11.3. The maximum Gasteiger partial charge on any atom is 0.331 e. The molecule has 0 saturated carbocycles. The number of rotatable bonds is 8. The van der Waals surface area contributed by atoms with Crippen LogP contribution in [0.3, 0.4) is 0 Å². The molecule has 5 rings (SSSR count). The first kappa shape index (κ1) is 23.4. The summed E-state index contributed by atoms with van der Waals surface area (Å²) >= 11 is 1.56. The van der Waals surface area contributed by atoms with Gasteiger partial charge in [-0.2, -0.15) is 5.10 Å². The third-order valence-corrected chi connectivity index (χ3v) is 6.36. The van der Waals surface area contributed by atoms with Crippen molar-refractivity contribution in [2.45, 2.75) is 19.6 Å². The van der Waals surface area contributed by atoms with E-state index in [2.05, 4.69) is 5.32 Å². The van der Waals surface area contributed by atoms with Gasteiger partial charge in [0.2, 0.25) is 6.79 Å². The van der Waals surface area contributed by atoms with Crippen molar-refractivity contribution in [1.29, 1.82) is 0 Å². The molecule has 0 aliphatic carbocycles. The van der Waals surface area contributed by atoms with Gasteiger partial charge in [0.05, 0.1) is 10.6 Å². The molecule has 1 unspecified atom stereocenters. The number of carbonyl (C=O) groups is 2. The van der Waals surface area contributed by atoms with Crippen LogP contribution in [0, 0.1) is 0 Å². The van der Waals surface area contributed by atoms with Crippen molar-refractivity contribution in [3.05, 3.63) is 89.4 Å². The highest BCUT2D eigenvalue weighted by atomic mass is 32.1. The van der Waals surface area contributed by atoms with Crippen molar-refractivity contribution >= 4 is 29.3 Å². The molecule has 1 aliphatic rings. The van der Waals surface area contributed by atoms with E-state index in [-0.39, 0.29) is 13.3 Å². The average Bonchev–Trinajstić information content (AvgIpc) is 3.66. The minimum Gasteiger partial charge on any atom is -0.454 e. The van der Waals surface area contributed by atoms with Gasteiger partial charge in [0.25, 0.3) is 5.91 Å². The van der Waals surface area contributed by atoms with Gasteiger partial charge in [0.15, 0.2) is 17.6 Å². The Bertz CT molecular complexity index is 1400. The third kappa shape index (κ3) is 5.31. The summed E-state index contributed by atoms with van der Waals surface area (Å²) in [5, 5.41) is 9.45. The smallest absolute Gasteiger partial charge is 0.331 e. The number of thiophene rings is 1. The minimum atomic E-state index is -0.958. The van der Waals surface area contributed by atoms with Gasteiger partial charge >= 0.3 is 5.97 Å². The number of benzene rings is 2. The molecule has 2 aromatic heterocycles. The Kier molecular flexibility index (Phi) is 6.81. The van der Waals surface area contributed by atoms with Gasteiger partial charge in [-0.3, -0.25) is 4.79 Å². The topological polar surface area (TPSA) is 91.7 Å². The summed E-state index contributed by atoms with van der Waals surface area (Å²) in [6, 6.07) is 19.1. The molecule has 1 N–H and O–H groups in total. The number of fused-ring (bicyclic) bond motifs is 1. The Morgan fingerprint density at radius 2 is 1.97 bits per heavy atom. The molecule has 0 bridgehead atoms. The second-order valence-electron chi connectivity index (χ2n) is 8.01. The molecular weight excluding hydrogens is 478 g/mol.